The van der Waals surface area contributed by atoms with Gasteiger partial charge in [0.15, 0.2) is 0 Å². The van der Waals surface area contributed by atoms with Crippen LogP contribution in [0.3, 0.4) is 0 Å². The Bertz CT molecular complexity index is 27.5. The Labute approximate surface area is 119 Å². The fourth-order valence-corrected chi connectivity index (χ4v) is 0. The van der Waals surface area contributed by atoms with E-state index >= 15 is 0 Å². The summed E-state index contributed by atoms with van der Waals surface area (Å²) in [6.07, 6.45) is 0. The van der Waals surface area contributed by atoms with Crippen LogP contribution in [-0.4, -0.2) is 97.3 Å². The second kappa shape index (κ2) is 470. The van der Waals surface area contributed by atoms with Crippen LogP contribution in [0.15, 0.2) is 0 Å². The van der Waals surface area contributed by atoms with Gasteiger partial charge in [-0.2, -0.15) is 0 Å². The van der Waals surface area contributed by atoms with Crippen molar-refractivity contribution in [2.75, 3.05) is 0 Å². The first-order valence-corrected chi connectivity index (χ1v) is 5.20. The molecule has 0 saturated heterocycles. The van der Waals surface area contributed by atoms with Crippen molar-refractivity contribution in [3.05, 3.63) is 0 Å². The van der Waals surface area contributed by atoms with Crippen LogP contribution in [0.4, 0.5) is 0 Å². The van der Waals surface area contributed by atoms with Crippen LogP contribution in [0.25, 0.3) is 0 Å². The molecule has 0 saturated carbocycles. The zero-order chi connectivity index (χ0) is 12.0. The molecule has 0 amide bonds. The Hall–Kier alpha value is 1.99. The van der Waals surface area contributed by atoms with Gasteiger partial charge in [0.05, 0.1) is 0 Å². The van der Waals surface area contributed by atoms with E-state index in [1.807, 2.05) is 0 Å². The summed E-state index contributed by atoms with van der Waals surface area (Å²) in [6, 6.07) is 0. The van der Waals surface area contributed by atoms with Gasteiger partial charge < -0.3 is 0 Å². The molecular formula is H6Al6O6. The molecule has 0 rings (SSSR count). The van der Waals surface area contributed by atoms with Crippen LogP contribution >= 0.6 is 0 Å². The Kier molecular flexibility index (Phi) is 1450. The van der Waals surface area contributed by atoms with Crippen molar-refractivity contribution in [2.24, 2.45) is 0 Å². The first-order chi connectivity index (χ1) is 6.00. The number of rotatable bonds is 0. The molecule has 0 bridgehead atoms. The van der Waals surface area contributed by atoms with Crippen molar-refractivity contribution in [1.82, 2.24) is 0 Å². The monoisotopic (exact) mass is 264 g/mol. The van der Waals surface area contributed by atoms with Gasteiger partial charge in [0.25, 0.3) is 0 Å². The Morgan fingerprint density at radius 3 is 0.250 bits per heavy atom. The third-order valence-electron chi connectivity index (χ3n) is 0. The molecule has 0 radical (unpaired) electrons. The van der Waals surface area contributed by atoms with Crippen LogP contribution in [0.2, 0.25) is 0 Å². The SMILES string of the molecule is [O]=[AlH].[O]=[AlH].[O]=[AlH].[O]=[AlH].[O]=[AlH].[O]=[AlH]. The van der Waals surface area contributed by atoms with Crippen LogP contribution in [0.5, 0.6) is 0 Å². The summed E-state index contributed by atoms with van der Waals surface area (Å²) in [5.74, 6) is 0. The Balaban J connectivity index is -0.00000000900. The molecule has 60 valence electrons. The van der Waals surface area contributed by atoms with Crippen molar-refractivity contribution >= 4 is 97.3 Å². The molecule has 0 spiro atoms. The van der Waals surface area contributed by atoms with E-state index in [4.69, 9.17) is 22.8 Å². The first-order valence-electron chi connectivity index (χ1n) is 1.73. The second-order valence-electron chi connectivity index (χ2n) is 0. The summed E-state index contributed by atoms with van der Waals surface area (Å²) in [4.78, 5) is 0. The Morgan fingerprint density at radius 1 is 0.250 bits per heavy atom. The van der Waals surface area contributed by atoms with Gasteiger partial charge >= 0.3 is 120 Å². The number of hydrogen-bond acceptors (Lipinski definition) is 6. The van der Waals surface area contributed by atoms with Crippen molar-refractivity contribution in [3.8, 4) is 0 Å². The molecule has 0 unspecified atom stereocenters. The third kappa shape index (κ3) is 364. The van der Waals surface area contributed by atoms with E-state index in [-0.39, 0.29) is 0 Å². The van der Waals surface area contributed by atoms with Crippen LogP contribution < -0.4 is 0 Å². The van der Waals surface area contributed by atoms with Crippen LogP contribution in [-0.2, 0) is 22.8 Å². The Morgan fingerprint density at radius 2 is 0.250 bits per heavy atom. The zero-order valence-corrected chi connectivity index (χ0v) is 15.2. The molecule has 0 aromatic rings. The fraction of sp³-hybridized carbons (Fsp3) is 0. The van der Waals surface area contributed by atoms with E-state index in [0.717, 1.165) is 0 Å². The minimum atomic E-state index is 0.611. The topological polar surface area (TPSA) is 102 Å². The summed E-state index contributed by atoms with van der Waals surface area (Å²) in [7, 11) is 0. The maximum absolute atomic E-state index is 8.28. The summed E-state index contributed by atoms with van der Waals surface area (Å²) in [5, 5.41) is 0. The molecule has 0 aromatic carbocycles. The standard InChI is InChI=1S/6Al.6O.6H. The van der Waals surface area contributed by atoms with Gasteiger partial charge in [-0.1, -0.05) is 0 Å². The van der Waals surface area contributed by atoms with Gasteiger partial charge in [-0.15, -0.1) is 0 Å². The summed E-state index contributed by atoms with van der Waals surface area (Å²) in [5.41, 5.74) is 0. The second-order valence-corrected chi connectivity index (χ2v) is 0. The molecule has 0 N–H and O–H groups in total. The first kappa shape index (κ1) is 37.0. The molecular weight excluding hydrogens is 258 g/mol. The van der Waals surface area contributed by atoms with Gasteiger partial charge in [0.1, 0.15) is 0 Å². The van der Waals surface area contributed by atoms with Gasteiger partial charge in [0.2, 0.25) is 0 Å². The molecule has 0 heterocycles. The maximum atomic E-state index is 8.28. The predicted octanol–water partition coefficient (Wildman–Crippen LogP) is -4.60. The van der Waals surface area contributed by atoms with Crippen LogP contribution in [0.1, 0.15) is 0 Å². The predicted molar refractivity (Wildman–Crippen MR) is 47.0 cm³/mol. The summed E-state index contributed by atoms with van der Waals surface area (Å²) >= 11 is 3.67. The van der Waals surface area contributed by atoms with E-state index in [0.29, 0.717) is 97.3 Å². The number of hydrogen-bond donors (Lipinski definition) is 0. The molecule has 0 aromatic heterocycles. The van der Waals surface area contributed by atoms with E-state index in [2.05, 4.69) is 0 Å². The van der Waals surface area contributed by atoms with E-state index in [9.17, 15) is 0 Å². The molecule has 6 nitrogen and oxygen atoms in total. The molecule has 0 aliphatic rings. The molecule has 0 atom stereocenters. The van der Waals surface area contributed by atoms with E-state index in [1.165, 1.54) is 0 Å². The summed E-state index contributed by atoms with van der Waals surface area (Å²) in [6.45, 7) is 0. The van der Waals surface area contributed by atoms with Gasteiger partial charge in [-0.3, -0.25) is 0 Å². The van der Waals surface area contributed by atoms with E-state index < -0.39 is 0 Å². The van der Waals surface area contributed by atoms with Crippen molar-refractivity contribution in [2.45, 2.75) is 0 Å². The molecule has 0 aliphatic carbocycles. The van der Waals surface area contributed by atoms with Crippen LogP contribution in [0, 0.1) is 0 Å². The van der Waals surface area contributed by atoms with Gasteiger partial charge in [-0.05, 0) is 0 Å². The minimum absolute atomic E-state index is 0.611. The fourth-order valence-electron chi connectivity index (χ4n) is 0. The van der Waals surface area contributed by atoms with Crippen molar-refractivity contribution in [3.63, 3.8) is 0 Å². The summed E-state index contributed by atoms with van der Waals surface area (Å²) < 4.78 is 49.7. The average molecular weight is 264 g/mol. The van der Waals surface area contributed by atoms with Crippen molar-refractivity contribution < 1.29 is 22.8 Å². The van der Waals surface area contributed by atoms with Gasteiger partial charge in [-0.25, -0.2) is 0 Å². The molecule has 0 fully saturated rings. The zero-order valence-electron chi connectivity index (χ0n) is 6.69. The van der Waals surface area contributed by atoms with E-state index in [1.54, 1.807) is 0 Å². The van der Waals surface area contributed by atoms with Gasteiger partial charge in [0, 0.05) is 0 Å². The quantitative estimate of drug-likeness (QED) is 0.408. The van der Waals surface area contributed by atoms with Crippen molar-refractivity contribution in [1.29, 1.82) is 0 Å². The average Bonchev–Trinajstić information content (AvgIpc) is 2.33. The molecule has 12 heteroatoms. The normalized spacial score (nSPS) is 1.50. The molecule has 0 aliphatic heterocycles. The molecule has 12 heavy (non-hydrogen) atoms. The third-order valence-corrected chi connectivity index (χ3v) is 0.